The van der Waals surface area contributed by atoms with E-state index in [2.05, 4.69) is 18.8 Å². The van der Waals surface area contributed by atoms with Gasteiger partial charge in [-0.05, 0) is 12.1 Å². The average molecular weight is 153 g/mol. The van der Waals surface area contributed by atoms with Crippen LogP contribution >= 0.6 is 0 Å². The Bertz CT molecular complexity index is 162. The monoisotopic (exact) mass is 153 g/mol. The lowest BCUT2D eigenvalue weighted by Crippen LogP contribution is -1.84. The lowest BCUT2D eigenvalue weighted by atomic mass is 10.4. The van der Waals surface area contributed by atoms with Gasteiger partial charge in [0.1, 0.15) is 0 Å². The molecule has 62 valence electrons. The second kappa shape index (κ2) is 7.22. The zero-order chi connectivity index (χ0) is 8.53. The number of rotatable bonds is 1. The first kappa shape index (κ1) is 10.1. The molecular weight excluding hydrogens is 138 g/mol. The van der Waals surface area contributed by atoms with Crippen molar-refractivity contribution < 1.29 is 5.11 Å². The molecule has 1 N–H and O–H groups in total. The molecule has 0 atom stereocenters. The van der Waals surface area contributed by atoms with Gasteiger partial charge < -0.3 is 5.11 Å². The molecule has 0 saturated heterocycles. The van der Waals surface area contributed by atoms with E-state index in [4.69, 9.17) is 5.11 Å². The third-order valence-electron chi connectivity index (χ3n) is 0.888. The lowest BCUT2D eigenvalue weighted by molar-refractivity contribution is 0.277. The van der Waals surface area contributed by atoms with Crippen molar-refractivity contribution in [2.24, 2.45) is 0 Å². The van der Waals surface area contributed by atoms with Crippen molar-refractivity contribution in [1.29, 1.82) is 0 Å². The van der Waals surface area contributed by atoms with E-state index in [1.807, 2.05) is 12.1 Å². The molecule has 1 aromatic heterocycles. The van der Waals surface area contributed by atoms with Crippen LogP contribution in [0.5, 0.6) is 0 Å². The van der Waals surface area contributed by atoms with Crippen LogP contribution in [0.15, 0.2) is 24.4 Å². The number of hydrogen-bond donors (Lipinski definition) is 1. The van der Waals surface area contributed by atoms with Crippen molar-refractivity contribution in [2.75, 3.05) is 0 Å². The van der Waals surface area contributed by atoms with Crippen molar-refractivity contribution in [1.82, 2.24) is 4.98 Å². The van der Waals surface area contributed by atoms with Crippen LogP contribution in [-0.4, -0.2) is 10.1 Å². The molecule has 0 aromatic carbocycles. The van der Waals surface area contributed by atoms with Gasteiger partial charge in [-0.3, -0.25) is 4.98 Å². The standard InChI is InChI=1S/C6H7NO.C3H8/c8-5-6-3-1-2-4-7-6;1-3-2/h1-4,8H,5H2;3H2,1-2H3. The average Bonchev–Trinajstić information content (AvgIpc) is 2.08. The fourth-order valence-corrected chi connectivity index (χ4v) is 0.492. The Morgan fingerprint density at radius 3 is 2.27 bits per heavy atom. The van der Waals surface area contributed by atoms with Crippen molar-refractivity contribution in [2.45, 2.75) is 26.9 Å². The summed E-state index contributed by atoms with van der Waals surface area (Å²) in [4.78, 5) is 3.85. The van der Waals surface area contributed by atoms with Crippen molar-refractivity contribution in [3.05, 3.63) is 30.1 Å². The molecule has 1 heterocycles. The second-order valence-electron chi connectivity index (χ2n) is 2.19. The molecule has 2 nitrogen and oxygen atoms in total. The Morgan fingerprint density at radius 1 is 1.36 bits per heavy atom. The number of pyridine rings is 1. The summed E-state index contributed by atoms with van der Waals surface area (Å²) in [6, 6.07) is 5.44. The number of nitrogens with zero attached hydrogens (tertiary/aromatic N) is 1. The minimum Gasteiger partial charge on any atom is -0.390 e. The first-order chi connectivity index (χ1) is 5.35. The maximum Gasteiger partial charge on any atom is 0.0852 e. The van der Waals surface area contributed by atoms with Gasteiger partial charge in [-0.1, -0.05) is 26.3 Å². The smallest absolute Gasteiger partial charge is 0.0852 e. The molecule has 2 heteroatoms. The predicted octanol–water partition coefficient (Wildman–Crippen LogP) is 1.99. The van der Waals surface area contributed by atoms with Gasteiger partial charge in [0, 0.05) is 6.20 Å². The lowest BCUT2D eigenvalue weighted by Gasteiger charge is -1.88. The summed E-state index contributed by atoms with van der Waals surface area (Å²) >= 11 is 0. The van der Waals surface area contributed by atoms with Gasteiger partial charge in [0.2, 0.25) is 0 Å². The first-order valence-corrected chi connectivity index (χ1v) is 3.85. The van der Waals surface area contributed by atoms with E-state index in [1.54, 1.807) is 12.3 Å². The minimum absolute atomic E-state index is 0.0286. The number of aromatic nitrogens is 1. The molecule has 0 spiro atoms. The minimum atomic E-state index is 0.0286. The summed E-state index contributed by atoms with van der Waals surface area (Å²) in [6.45, 7) is 4.28. The van der Waals surface area contributed by atoms with E-state index >= 15 is 0 Å². The molecule has 0 bridgehead atoms. The molecule has 0 aliphatic rings. The summed E-state index contributed by atoms with van der Waals surface area (Å²) in [5, 5.41) is 8.48. The van der Waals surface area contributed by atoms with Crippen LogP contribution in [-0.2, 0) is 6.61 Å². The van der Waals surface area contributed by atoms with Crippen molar-refractivity contribution in [3.63, 3.8) is 0 Å². The van der Waals surface area contributed by atoms with Crippen LogP contribution in [0.2, 0.25) is 0 Å². The van der Waals surface area contributed by atoms with Gasteiger partial charge in [-0.15, -0.1) is 0 Å². The van der Waals surface area contributed by atoms with Gasteiger partial charge in [-0.2, -0.15) is 0 Å². The van der Waals surface area contributed by atoms with Gasteiger partial charge in [0.25, 0.3) is 0 Å². The Labute approximate surface area is 67.9 Å². The van der Waals surface area contributed by atoms with E-state index in [9.17, 15) is 0 Å². The highest BCUT2D eigenvalue weighted by molar-refractivity contribution is 5.01. The Balaban J connectivity index is 0.000000292. The summed E-state index contributed by atoms with van der Waals surface area (Å²) in [6.07, 6.45) is 2.91. The molecule has 1 aromatic rings. The van der Waals surface area contributed by atoms with Gasteiger partial charge in [0.05, 0.1) is 12.3 Å². The zero-order valence-electron chi connectivity index (χ0n) is 7.12. The van der Waals surface area contributed by atoms with Crippen LogP contribution in [0.4, 0.5) is 0 Å². The maximum atomic E-state index is 8.48. The third kappa shape index (κ3) is 5.55. The Morgan fingerprint density at radius 2 is 2.00 bits per heavy atom. The largest absolute Gasteiger partial charge is 0.390 e. The number of aliphatic hydroxyl groups is 1. The van der Waals surface area contributed by atoms with E-state index in [1.165, 1.54) is 6.42 Å². The fraction of sp³-hybridized carbons (Fsp3) is 0.444. The van der Waals surface area contributed by atoms with Crippen LogP contribution in [0.3, 0.4) is 0 Å². The molecule has 0 saturated carbocycles. The first-order valence-electron chi connectivity index (χ1n) is 3.85. The van der Waals surface area contributed by atoms with Gasteiger partial charge >= 0.3 is 0 Å². The fourth-order valence-electron chi connectivity index (χ4n) is 0.492. The van der Waals surface area contributed by atoms with Crippen LogP contribution in [0.1, 0.15) is 26.0 Å². The summed E-state index contributed by atoms with van der Waals surface area (Å²) in [5.74, 6) is 0. The highest BCUT2D eigenvalue weighted by Crippen LogP contribution is 1.89. The van der Waals surface area contributed by atoms with Gasteiger partial charge in [0.15, 0.2) is 0 Å². The topological polar surface area (TPSA) is 33.1 Å². The Kier molecular flexibility index (Phi) is 6.64. The molecular formula is C9H15NO. The zero-order valence-corrected chi connectivity index (χ0v) is 7.12. The van der Waals surface area contributed by atoms with Gasteiger partial charge in [-0.25, -0.2) is 0 Å². The number of hydrogen-bond acceptors (Lipinski definition) is 2. The van der Waals surface area contributed by atoms with E-state index in [0.29, 0.717) is 5.69 Å². The highest BCUT2D eigenvalue weighted by atomic mass is 16.3. The maximum absolute atomic E-state index is 8.48. The van der Waals surface area contributed by atoms with Crippen molar-refractivity contribution >= 4 is 0 Å². The summed E-state index contributed by atoms with van der Waals surface area (Å²) in [7, 11) is 0. The normalized spacial score (nSPS) is 8.27. The third-order valence-corrected chi connectivity index (χ3v) is 0.888. The van der Waals surface area contributed by atoms with Crippen LogP contribution < -0.4 is 0 Å². The van der Waals surface area contributed by atoms with Crippen LogP contribution in [0, 0.1) is 0 Å². The SMILES string of the molecule is CCC.OCc1ccccn1. The molecule has 1 rings (SSSR count). The van der Waals surface area contributed by atoms with Crippen LogP contribution in [0.25, 0.3) is 0 Å². The Hall–Kier alpha value is -0.890. The molecule has 0 fully saturated rings. The molecule has 0 radical (unpaired) electrons. The molecule has 0 unspecified atom stereocenters. The summed E-state index contributed by atoms with van der Waals surface area (Å²) in [5.41, 5.74) is 0.715. The summed E-state index contributed by atoms with van der Waals surface area (Å²) < 4.78 is 0. The molecule has 0 aliphatic carbocycles. The number of aliphatic hydroxyl groups excluding tert-OH is 1. The quantitative estimate of drug-likeness (QED) is 0.669. The highest BCUT2D eigenvalue weighted by Gasteiger charge is 1.82. The van der Waals surface area contributed by atoms with Crippen molar-refractivity contribution in [3.8, 4) is 0 Å². The van der Waals surface area contributed by atoms with E-state index in [-0.39, 0.29) is 6.61 Å². The molecule has 0 aliphatic heterocycles. The molecule has 0 amide bonds. The molecule has 11 heavy (non-hydrogen) atoms. The predicted molar refractivity (Wildman–Crippen MR) is 46.1 cm³/mol. The van der Waals surface area contributed by atoms with E-state index in [0.717, 1.165) is 0 Å². The van der Waals surface area contributed by atoms with E-state index < -0.39 is 0 Å². The second-order valence-corrected chi connectivity index (χ2v) is 2.19.